The summed E-state index contributed by atoms with van der Waals surface area (Å²) in [5, 5.41) is 3.84. The highest BCUT2D eigenvalue weighted by Gasteiger charge is 2.25. The van der Waals surface area contributed by atoms with Gasteiger partial charge in [0.1, 0.15) is 0 Å². The molecule has 0 amide bonds. The summed E-state index contributed by atoms with van der Waals surface area (Å²) in [5.74, 6) is 1.84. The minimum atomic E-state index is 0.751. The Labute approximate surface area is 94.3 Å². The molecule has 0 aromatic carbocycles. The Balaban J connectivity index is 1.77. The number of rotatable bonds is 3. The van der Waals surface area contributed by atoms with E-state index < -0.39 is 0 Å². The molecular formula is C14H25N. The molecule has 0 saturated heterocycles. The fourth-order valence-electron chi connectivity index (χ4n) is 3.07. The summed E-state index contributed by atoms with van der Waals surface area (Å²) in [6, 6.07) is 1.55. The van der Waals surface area contributed by atoms with Crippen LogP contribution in [0.25, 0.3) is 0 Å². The van der Waals surface area contributed by atoms with Crippen LogP contribution in [0.3, 0.4) is 0 Å². The molecule has 2 aliphatic rings. The van der Waals surface area contributed by atoms with Crippen LogP contribution >= 0.6 is 0 Å². The van der Waals surface area contributed by atoms with Crippen LogP contribution < -0.4 is 5.32 Å². The van der Waals surface area contributed by atoms with Crippen molar-refractivity contribution in [2.75, 3.05) is 0 Å². The van der Waals surface area contributed by atoms with Crippen LogP contribution in [0, 0.1) is 11.8 Å². The molecule has 2 atom stereocenters. The quantitative estimate of drug-likeness (QED) is 0.698. The van der Waals surface area contributed by atoms with Crippen LogP contribution in [0.15, 0.2) is 12.2 Å². The van der Waals surface area contributed by atoms with Crippen molar-refractivity contribution in [2.24, 2.45) is 11.8 Å². The summed E-state index contributed by atoms with van der Waals surface area (Å²) in [6.07, 6.45) is 12.8. The average molecular weight is 207 g/mol. The summed E-state index contributed by atoms with van der Waals surface area (Å²) in [6.45, 7) is 4.76. The van der Waals surface area contributed by atoms with E-state index in [4.69, 9.17) is 0 Å². The summed E-state index contributed by atoms with van der Waals surface area (Å²) in [7, 11) is 0. The van der Waals surface area contributed by atoms with Crippen molar-refractivity contribution in [1.82, 2.24) is 5.32 Å². The van der Waals surface area contributed by atoms with E-state index in [1.807, 2.05) is 0 Å². The topological polar surface area (TPSA) is 12.0 Å². The van der Waals surface area contributed by atoms with Gasteiger partial charge in [0.05, 0.1) is 0 Å². The first-order valence-corrected chi connectivity index (χ1v) is 6.66. The molecular weight excluding hydrogens is 182 g/mol. The lowest BCUT2D eigenvalue weighted by molar-refractivity contribution is 0.221. The van der Waals surface area contributed by atoms with Gasteiger partial charge in [-0.2, -0.15) is 0 Å². The van der Waals surface area contributed by atoms with E-state index in [1.54, 1.807) is 0 Å². The molecule has 1 nitrogen and oxygen atoms in total. The van der Waals surface area contributed by atoms with E-state index in [0.717, 1.165) is 23.9 Å². The Morgan fingerprint density at radius 3 is 2.47 bits per heavy atom. The van der Waals surface area contributed by atoms with Crippen molar-refractivity contribution >= 4 is 0 Å². The Hall–Kier alpha value is -0.300. The van der Waals surface area contributed by atoms with Crippen LogP contribution in [-0.4, -0.2) is 12.1 Å². The maximum absolute atomic E-state index is 3.84. The second-order valence-electron chi connectivity index (χ2n) is 5.67. The smallest absolute Gasteiger partial charge is 0.0139 e. The monoisotopic (exact) mass is 207 g/mol. The maximum atomic E-state index is 3.84. The van der Waals surface area contributed by atoms with Crippen LogP contribution in [0.4, 0.5) is 0 Å². The zero-order valence-electron chi connectivity index (χ0n) is 10.2. The van der Waals surface area contributed by atoms with Crippen LogP contribution in [-0.2, 0) is 0 Å². The predicted octanol–water partition coefficient (Wildman–Crippen LogP) is 3.51. The van der Waals surface area contributed by atoms with Crippen molar-refractivity contribution in [3.8, 4) is 0 Å². The lowest BCUT2D eigenvalue weighted by Gasteiger charge is -2.33. The van der Waals surface area contributed by atoms with Crippen molar-refractivity contribution in [1.29, 1.82) is 0 Å². The van der Waals surface area contributed by atoms with Crippen molar-refractivity contribution in [3.63, 3.8) is 0 Å². The maximum Gasteiger partial charge on any atom is 0.0139 e. The van der Waals surface area contributed by atoms with Gasteiger partial charge >= 0.3 is 0 Å². The molecule has 15 heavy (non-hydrogen) atoms. The number of nitrogens with one attached hydrogen (secondary N) is 1. The van der Waals surface area contributed by atoms with Crippen LogP contribution in [0.5, 0.6) is 0 Å². The molecule has 2 unspecified atom stereocenters. The van der Waals surface area contributed by atoms with Crippen LogP contribution in [0.2, 0.25) is 0 Å². The highest BCUT2D eigenvalue weighted by molar-refractivity contribution is 4.99. The minimum absolute atomic E-state index is 0.751. The molecule has 0 spiro atoms. The zero-order chi connectivity index (χ0) is 10.7. The summed E-state index contributed by atoms with van der Waals surface area (Å²) in [5.41, 5.74) is 0. The predicted molar refractivity (Wildman–Crippen MR) is 65.9 cm³/mol. The average Bonchev–Trinajstić information content (AvgIpc) is 2.71. The minimum Gasteiger partial charge on any atom is -0.311 e. The standard InChI is InChI=1S/C14H25N/c1-11(2)12-6-5-9-14(10-12)15-13-7-3-4-8-13/h3-4,11-15H,5-10H2,1-2H3. The molecule has 1 N–H and O–H groups in total. The van der Waals surface area contributed by atoms with Gasteiger partial charge in [-0.3, -0.25) is 0 Å². The van der Waals surface area contributed by atoms with E-state index in [0.29, 0.717) is 0 Å². The first-order valence-electron chi connectivity index (χ1n) is 6.66. The second kappa shape index (κ2) is 5.16. The Kier molecular flexibility index (Phi) is 3.85. The third-order valence-corrected chi connectivity index (χ3v) is 4.14. The van der Waals surface area contributed by atoms with Gasteiger partial charge in [-0.1, -0.05) is 38.8 Å². The summed E-state index contributed by atoms with van der Waals surface area (Å²) < 4.78 is 0. The molecule has 2 aliphatic carbocycles. The van der Waals surface area contributed by atoms with E-state index in [2.05, 4.69) is 31.3 Å². The van der Waals surface area contributed by atoms with Gasteiger partial charge in [0.25, 0.3) is 0 Å². The molecule has 0 aromatic rings. The van der Waals surface area contributed by atoms with E-state index in [1.165, 1.54) is 38.5 Å². The molecule has 0 bridgehead atoms. The van der Waals surface area contributed by atoms with Crippen LogP contribution in [0.1, 0.15) is 52.4 Å². The lowest BCUT2D eigenvalue weighted by atomic mass is 9.79. The third kappa shape index (κ3) is 3.07. The molecule has 2 rings (SSSR count). The molecule has 0 heterocycles. The van der Waals surface area contributed by atoms with Gasteiger partial charge in [0.2, 0.25) is 0 Å². The van der Waals surface area contributed by atoms with Gasteiger partial charge in [0, 0.05) is 12.1 Å². The molecule has 1 fully saturated rings. The van der Waals surface area contributed by atoms with Crippen molar-refractivity contribution in [3.05, 3.63) is 12.2 Å². The largest absolute Gasteiger partial charge is 0.311 e. The zero-order valence-corrected chi connectivity index (χ0v) is 10.2. The van der Waals surface area contributed by atoms with E-state index in [-0.39, 0.29) is 0 Å². The molecule has 86 valence electrons. The number of hydrogen-bond acceptors (Lipinski definition) is 1. The van der Waals surface area contributed by atoms with Crippen molar-refractivity contribution in [2.45, 2.75) is 64.5 Å². The SMILES string of the molecule is CC(C)C1CCCC(NC2CC=CC2)C1. The van der Waals surface area contributed by atoms with Gasteiger partial charge < -0.3 is 5.32 Å². The Morgan fingerprint density at radius 2 is 1.80 bits per heavy atom. The fraction of sp³-hybridized carbons (Fsp3) is 0.857. The normalized spacial score (nSPS) is 32.7. The lowest BCUT2D eigenvalue weighted by Crippen LogP contribution is -2.40. The first-order chi connectivity index (χ1) is 7.25. The first kappa shape index (κ1) is 11.2. The Morgan fingerprint density at radius 1 is 1.07 bits per heavy atom. The third-order valence-electron chi connectivity index (χ3n) is 4.14. The van der Waals surface area contributed by atoms with Gasteiger partial charge in [-0.05, 0) is 37.5 Å². The molecule has 1 heteroatoms. The summed E-state index contributed by atoms with van der Waals surface area (Å²) >= 11 is 0. The highest BCUT2D eigenvalue weighted by atomic mass is 15.0. The van der Waals surface area contributed by atoms with Gasteiger partial charge in [0.15, 0.2) is 0 Å². The number of hydrogen-bond donors (Lipinski definition) is 1. The van der Waals surface area contributed by atoms with E-state index in [9.17, 15) is 0 Å². The fourth-order valence-corrected chi connectivity index (χ4v) is 3.07. The molecule has 0 radical (unpaired) electrons. The Bertz CT molecular complexity index is 209. The van der Waals surface area contributed by atoms with Gasteiger partial charge in [-0.25, -0.2) is 0 Å². The molecule has 0 aliphatic heterocycles. The van der Waals surface area contributed by atoms with Crippen molar-refractivity contribution < 1.29 is 0 Å². The molecule has 0 aromatic heterocycles. The van der Waals surface area contributed by atoms with E-state index >= 15 is 0 Å². The highest BCUT2D eigenvalue weighted by Crippen LogP contribution is 2.30. The molecule has 1 saturated carbocycles. The van der Waals surface area contributed by atoms with Gasteiger partial charge in [-0.15, -0.1) is 0 Å². The summed E-state index contributed by atoms with van der Waals surface area (Å²) in [4.78, 5) is 0. The second-order valence-corrected chi connectivity index (χ2v) is 5.67.